The lowest BCUT2D eigenvalue weighted by Crippen LogP contribution is -2.33. The zero-order valence-electron chi connectivity index (χ0n) is 13.2. The molecule has 116 valence electrons. The number of halogens is 1. The normalized spacial score (nSPS) is 32.8. The van der Waals surface area contributed by atoms with Crippen LogP contribution in [0.1, 0.15) is 37.9 Å². The molecule has 1 aromatic carbocycles. The van der Waals surface area contributed by atoms with Gasteiger partial charge in [-0.1, -0.05) is 18.5 Å². The molecule has 1 N–H and O–H groups in total. The van der Waals surface area contributed by atoms with Gasteiger partial charge in [0.05, 0.1) is 18.8 Å². The number of hydrogen-bond donors (Lipinski definition) is 1. The maximum Gasteiger partial charge on any atom is 0.127 e. The van der Waals surface area contributed by atoms with Crippen molar-refractivity contribution in [3.63, 3.8) is 0 Å². The summed E-state index contributed by atoms with van der Waals surface area (Å²) in [6, 6.07) is 4.28. The highest BCUT2D eigenvalue weighted by atomic mass is 35.5. The van der Waals surface area contributed by atoms with Gasteiger partial charge in [-0.15, -0.1) is 0 Å². The Balaban J connectivity index is 2.01. The first kappa shape index (κ1) is 15.1. The number of rotatable bonds is 3. The van der Waals surface area contributed by atoms with Crippen molar-refractivity contribution in [2.24, 2.45) is 11.8 Å². The summed E-state index contributed by atoms with van der Waals surface area (Å²) in [7, 11) is 2.01. The van der Waals surface area contributed by atoms with Gasteiger partial charge in [-0.3, -0.25) is 0 Å². The summed E-state index contributed by atoms with van der Waals surface area (Å²) in [5.74, 6) is 1.93. The van der Waals surface area contributed by atoms with E-state index in [1.807, 2.05) is 13.1 Å². The van der Waals surface area contributed by atoms with Crippen molar-refractivity contribution in [1.29, 1.82) is 0 Å². The van der Waals surface area contributed by atoms with E-state index in [0.717, 1.165) is 23.8 Å². The molecule has 2 heterocycles. The Hall–Kier alpha value is -0.770. The lowest BCUT2D eigenvalue weighted by molar-refractivity contribution is 0.0477. The smallest absolute Gasteiger partial charge is 0.127 e. The van der Waals surface area contributed by atoms with Gasteiger partial charge in [-0.2, -0.15) is 0 Å². The van der Waals surface area contributed by atoms with Crippen LogP contribution in [-0.2, 0) is 11.2 Å². The van der Waals surface area contributed by atoms with E-state index in [1.54, 1.807) is 0 Å². The average molecular weight is 310 g/mol. The van der Waals surface area contributed by atoms with Gasteiger partial charge in [0.1, 0.15) is 5.75 Å². The van der Waals surface area contributed by atoms with Gasteiger partial charge in [-0.25, -0.2) is 0 Å². The van der Waals surface area contributed by atoms with Crippen molar-refractivity contribution >= 4 is 11.6 Å². The van der Waals surface area contributed by atoms with Gasteiger partial charge in [-0.05, 0) is 44.5 Å². The molecule has 3 rings (SSSR count). The highest BCUT2D eigenvalue weighted by Crippen LogP contribution is 2.45. The van der Waals surface area contributed by atoms with Crippen LogP contribution in [-0.4, -0.2) is 25.9 Å². The van der Waals surface area contributed by atoms with E-state index in [0.29, 0.717) is 11.8 Å². The van der Waals surface area contributed by atoms with E-state index in [-0.39, 0.29) is 18.2 Å². The average Bonchev–Trinajstić information content (AvgIpc) is 2.99. The highest BCUT2D eigenvalue weighted by molar-refractivity contribution is 6.30. The molecule has 0 aromatic heterocycles. The summed E-state index contributed by atoms with van der Waals surface area (Å²) in [5.41, 5.74) is 2.41. The second-order valence-electron chi connectivity index (χ2n) is 6.33. The minimum atomic E-state index is 0.200. The Kier molecular flexibility index (Phi) is 4.17. The fourth-order valence-electron chi connectivity index (χ4n) is 3.95. The molecule has 4 heteroatoms. The molecule has 0 aliphatic carbocycles. The fourth-order valence-corrected chi connectivity index (χ4v) is 4.20. The molecule has 3 nitrogen and oxygen atoms in total. The molecular formula is C17H24ClNO2. The van der Waals surface area contributed by atoms with Crippen molar-refractivity contribution in [1.82, 2.24) is 5.32 Å². The van der Waals surface area contributed by atoms with Crippen LogP contribution in [0.25, 0.3) is 0 Å². The molecule has 5 unspecified atom stereocenters. The first-order chi connectivity index (χ1) is 10.0. The monoisotopic (exact) mass is 309 g/mol. The van der Waals surface area contributed by atoms with Gasteiger partial charge in [0.25, 0.3) is 0 Å². The van der Waals surface area contributed by atoms with E-state index in [1.165, 1.54) is 11.1 Å². The third-order valence-corrected chi connectivity index (χ3v) is 5.35. The molecular weight excluding hydrogens is 286 g/mol. The molecule has 1 fully saturated rings. The molecule has 21 heavy (non-hydrogen) atoms. The molecule has 5 atom stereocenters. The van der Waals surface area contributed by atoms with Crippen LogP contribution in [0.4, 0.5) is 0 Å². The van der Waals surface area contributed by atoms with Crippen LogP contribution in [0.3, 0.4) is 0 Å². The third-order valence-electron chi connectivity index (χ3n) is 5.13. The molecule has 2 aliphatic heterocycles. The van der Waals surface area contributed by atoms with Crippen molar-refractivity contribution < 1.29 is 9.47 Å². The van der Waals surface area contributed by atoms with Gasteiger partial charge in [0.2, 0.25) is 0 Å². The number of nitrogens with one attached hydrogen (secondary N) is 1. The van der Waals surface area contributed by atoms with E-state index in [9.17, 15) is 0 Å². The Morgan fingerprint density at radius 3 is 2.62 bits per heavy atom. The van der Waals surface area contributed by atoms with Crippen LogP contribution in [0, 0.1) is 11.8 Å². The zero-order chi connectivity index (χ0) is 15.1. The summed E-state index contributed by atoms with van der Waals surface area (Å²) >= 11 is 6.32. The minimum Gasteiger partial charge on any atom is -0.493 e. The molecule has 0 bridgehead atoms. The van der Waals surface area contributed by atoms with Gasteiger partial charge in [0, 0.05) is 29.0 Å². The number of ether oxygens (including phenoxy) is 2. The SMILES string of the molecule is CNC(c1cc(Cl)cc2c1OCC2)C1C(C)OC(C)C1C. The maximum absolute atomic E-state index is 6.32. The molecule has 0 spiro atoms. The Bertz CT molecular complexity index is 534. The largest absolute Gasteiger partial charge is 0.493 e. The van der Waals surface area contributed by atoms with E-state index in [2.05, 4.69) is 32.2 Å². The molecule has 2 aliphatic rings. The Labute approximate surface area is 132 Å². The minimum absolute atomic E-state index is 0.200. The lowest BCUT2D eigenvalue weighted by Gasteiger charge is -2.30. The zero-order valence-corrected chi connectivity index (χ0v) is 13.9. The van der Waals surface area contributed by atoms with Crippen molar-refractivity contribution in [2.75, 3.05) is 13.7 Å². The van der Waals surface area contributed by atoms with E-state index >= 15 is 0 Å². The highest BCUT2D eigenvalue weighted by Gasteiger charge is 2.43. The van der Waals surface area contributed by atoms with Crippen molar-refractivity contribution in [3.8, 4) is 5.75 Å². The van der Waals surface area contributed by atoms with Crippen LogP contribution in [0.5, 0.6) is 5.75 Å². The first-order valence-corrected chi connectivity index (χ1v) is 8.18. The Morgan fingerprint density at radius 2 is 2.00 bits per heavy atom. The molecule has 1 aromatic rings. The summed E-state index contributed by atoms with van der Waals surface area (Å²) in [4.78, 5) is 0. The molecule has 0 amide bonds. The van der Waals surface area contributed by atoms with E-state index in [4.69, 9.17) is 21.1 Å². The molecule has 1 saturated heterocycles. The summed E-state index contributed by atoms with van der Waals surface area (Å²) in [6.07, 6.45) is 1.46. The summed E-state index contributed by atoms with van der Waals surface area (Å²) in [5, 5.41) is 4.27. The van der Waals surface area contributed by atoms with Crippen LogP contribution in [0.15, 0.2) is 12.1 Å². The van der Waals surface area contributed by atoms with Crippen LogP contribution >= 0.6 is 11.6 Å². The molecule has 0 saturated carbocycles. The number of fused-ring (bicyclic) bond motifs is 1. The second-order valence-corrected chi connectivity index (χ2v) is 6.77. The van der Waals surface area contributed by atoms with Gasteiger partial charge < -0.3 is 14.8 Å². The third kappa shape index (κ3) is 2.56. The second kappa shape index (κ2) is 5.79. The fraction of sp³-hybridized carbons (Fsp3) is 0.647. The predicted molar refractivity (Wildman–Crippen MR) is 85.1 cm³/mol. The Morgan fingerprint density at radius 1 is 1.24 bits per heavy atom. The standard InChI is InChI=1S/C17H24ClNO2/c1-9-10(2)21-11(3)15(9)16(19-4)14-8-13(18)7-12-5-6-20-17(12)14/h7-11,15-16,19H,5-6H2,1-4H3. The molecule has 0 radical (unpaired) electrons. The van der Waals surface area contributed by atoms with E-state index < -0.39 is 0 Å². The topological polar surface area (TPSA) is 30.5 Å². The van der Waals surface area contributed by atoms with Crippen molar-refractivity contribution in [2.45, 2.75) is 45.4 Å². The summed E-state index contributed by atoms with van der Waals surface area (Å²) < 4.78 is 11.9. The predicted octanol–water partition coefficient (Wildman–Crippen LogP) is 3.59. The van der Waals surface area contributed by atoms with Crippen LogP contribution in [0.2, 0.25) is 5.02 Å². The van der Waals surface area contributed by atoms with Crippen LogP contribution < -0.4 is 10.1 Å². The summed E-state index contributed by atoms with van der Waals surface area (Å²) in [6.45, 7) is 7.35. The van der Waals surface area contributed by atoms with Gasteiger partial charge in [0.15, 0.2) is 0 Å². The first-order valence-electron chi connectivity index (χ1n) is 7.80. The van der Waals surface area contributed by atoms with Crippen molar-refractivity contribution in [3.05, 3.63) is 28.3 Å². The number of benzene rings is 1. The number of hydrogen-bond acceptors (Lipinski definition) is 3. The lowest BCUT2D eigenvalue weighted by atomic mass is 9.80. The van der Waals surface area contributed by atoms with Gasteiger partial charge >= 0.3 is 0 Å². The maximum atomic E-state index is 6.32. The quantitative estimate of drug-likeness (QED) is 0.925.